The molecule has 2 heterocycles. The number of nitrogens with zero attached hydrogens (tertiary/aromatic N) is 4. The third kappa shape index (κ3) is 3.65. The number of aromatic nitrogens is 2. The largest absolute Gasteiger partial charge is 0.387 e. The van der Waals surface area contributed by atoms with E-state index in [0.29, 0.717) is 6.54 Å². The van der Waals surface area contributed by atoms with Crippen molar-refractivity contribution >= 4 is 10.8 Å². The first-order valence-electron chi connectivity index (χ1n) is 9.28. The highest BCUT2D eigenvalue weighted by molar-refractivity contribution is 5.85. The van der Waals surface area contributed by atoms with Crippen molar-refractivity contribution in [2.24, 2.45) is 7.05 Å². The van der Waals surface area contributed by atoms with Crippen LogP contribution in [0.1, 0.15) is 17.4 Å². The molecule has 3 aromatic rings. The van der Waals surface area contributed by atoms with Crippen molar-refractivity contribution < 1.29 is 5.11 Å². The van der Waals surface area contributed by atoms with E-state index >= 15 is 0 Å². The van der Waals surface area contributed by atoms with Gasteiger partial charge in [-0.15, -0.1) is 0 Å². The average molecular weight is 350 g/mol. The van der Waals surface area contributed by atoms with Crippen LogP contribution < -0.4 is 0 Å². The second-order valence-electron chi connectivity index (χ2n) is 7.11. The highest BCUT2D eigenvalue weighted by atomic mass is 16.3. The molecule has 1 N–H and O–H groups in total. The Labute approximate surface area is 154 Å². The van der Waals surface area contributed by atoms with Crippen molar-refractivity contribution in [2.45, 2.75) is 12.6 Å². The number of aliphatic hydroxyl groups excluding tert-OH is 1. The van der Waals surface area contributed by atoms with Crippen molar-refractivity contribution in [2.75, 3.05) is 32.7 Å². The maximum Gasteiger partial charge on any atom is 0.0922 e. The SMILES string of the molecule is Cn1nccc1CN1CCN(C[C@H](O)c2cccc3ccccc23)CC1. The van der Waals surface area contributed by atoms with Crippen LogP contribution in [0.15, 0.2) is 54.7 Å². The second-order valence-corrected chi connectivity index (χ2v) is 7.11. The molecule has 4 rings (SSSR count). The Balaban J connectivity index is 1.36. The molecule has 1 aliphatic heterocycles. The fourth-order valence-electron chi connectivity index (χ4n) is 3.80. The van der Waals surface area contributed by atoms with E-state index in [1.807, 2.05) is 42.2 Å². The third-order valence-corrected chi connectivity index (χ3v) is 5.39. The lowest BCUT2D eigenvalue weighted by atomic mass is 10.00. The van der Waals surface area contributed by atoms with Gasteiger partial charge in [-0.25, -0.2) is 0 Å². The van der Waals surface area contributed by atoms with Crippen LogP contribution in [0.25, 0.3) is 10.8 Å². The van der Waals surface area contributed by atoms with Gasteiger partial charge in [-0.1, -0.05) is 42.5 Å². The van der Waals surface area contributed by atoms with E-state index in [4.69, 9.17) is 0 Å². The minimum Gasteiger partial charge on any atom is -0.387 e. The summed E-state index contributed by atoms with van der Waals surface area (Å²) in [5, 5.41) is 17.4. The normalized spacial score (nSPS) is 17.6. The van der Waals surface area contributed by atoms with E-state index < -0.39 is 6.10 Å². The molecule has 0 amide bonds. The van der Waals surface area contributed by atoms with Crippen molar-refractivity contribution in [1.29, 1.82) is 0 Å². The monoisotopic (exact) mass is 350 g/mol. The Bertz CT molecular complexity index is 862. The van der Waals surface area contributed by atoms with E-state index in [-0.39, 0.29) is 0 Å². The molecule has 5 nitrogen and oxygen atoms in total. The van der Waals surface area contributed by atoms with Crippen LogP contribution in [0.3, 0.4) is 0 Å². The van der Waals surface area contributed by atoms with E-state index in [0.717, 1.165) is 43.7 Å². The van der Waals surface area contributed by atoms with Gasteiger partial charge in [0.15, 0.2) is 0 Å². The Morgan fingerprint density at radius 1 is 0.962 bits per heavy atom. The Hall–Kier alpha value is -2.21. The molecule has 1 atom stereocenters. The summed E-state index contributed by atoms with van der Waals surface area (Å²) in [5.41, 5.74) is 2.27. The lowest BCUT2D eigenvalue weighted by molar-refractivity contribution is 0.0699. The Morgan fingerprint density at radius 3 is 2.46 bits per heavy atom. The molecule has 1 fully saturated rings. The van der Waals surface area contributed by atoms with Crippen molar-refractivity contribution in [3.8, 4) is 0 Å². The molecule has 136 valence electrons. The number of β-amino-alcohol motifs (C(OH)–C–C–N with tert-alkyl or cyclic N) is 1. The molecule has 0 bridgehead atoms. The highest BCUT2D eigenvalue weighted by Crippen LogP contribution is 2.25. The van der Waals surface area contributed by atoms with Crippen molar-refractivity contribution in [3.63, 3.8) is 0 Å². The Kier molecular flexibility index (Phi) is 5.02. The van der Waals surface area contributed by atoms with E-state index in [9.17, 15) is 5.11 Å². The lowest BCUT2D eigenvalue weighted by Crippen LogP contribution is -2.47. The molecule has 5 heteroatoms. The number of aryl methyl sites for hydroxylation is 1. The molecule has 1 saturated heterocycles. The van der Waals surface area contributed by atoms with Gasteiger partial charge in [0, 0.05) is 52.5 Å². The van der Waals surface area contributed by atoms with Gasteiger partial charge in [0.05, 0.1) is 11.8 Å². The first-order valence-corrected chi connectivity index (χ1v) is 9.28. The number of piperazine rings is 1. The van der Waals surface area contributed by atoms with E-state index in [1.165, 1.54) is 11.1 Å². The maximum atomic E-state index is 10.8. The van der Waals surface area contributed by atoms with Crippen LogP contribution in [0.5, 0.6) is 0 Å². The maximum absolute atomic E-state index is 10.8. The van der Waals surface area contributed by atoms with Gasteiger partial charge in [0.1, 0.15) is 0 Å². The fourth-order valence-corrected chi connectivity index (χ4v) is 3.80. The summed E-state index contributed by atoms with van der Waals surface area (Å²) in [5.74, 6) is 0. The van der Waals surface area contributed by atoms with Gasteiger partial charge < -0.3 is 5.11 Å². The number of aliphatic hydroxyl groups is 1. The average Bonchev–Trinajstić information content (AvgIpc) is 3.07. The van der Waals surface area contributed by atoms with Gasteiger partial charge in [0.25, 0.3) is 0 Å². The first kappa shape index (κ1) is 17.2. The first-order chi connectivity index (χ1) is 12.7. The number of hydrogen-bond donors (Lipinski definition) is 1. The zero-order valence-corrected chi connectivity index (χ0v) is 15.3. The lowest BCUT2D eigenvalue weighted by Gasteiger charge is -2.35. The molecule has 1 aromatic heterocycles. The molecular formula is C21H26N4O. The van der Waals surface area contributed by atoms with Crippen molar-refractivity contribution in [3.05, 3.63) is 66.0 Å². The summed E-state index contributed by atoms with van der Waals surface area (Å²) in [6.07, 6.45) is 1.40. The zero-order valence-electron chi connectivity index (χ0n) is 15.3. The van der Waals surface area contributed by atoms with Crippen LogP contribution in [0.2, 0.25) is 0 Å². The molecular weight excluding hydrogens is 324 g/mol. The standard InChI is InChI=1S/C21H26N4O/c1-23-18(9-10-22-23)15-24-11-13-25(14-12-24)16-21(26)20-8-4-6-17-5-2-3-7-19(17)20/h2-10,21,26H,11-16H2,1H3/t21-/m0/s1. The molecule has 2 aromatic carbocycles. The van der Waals surface area contributed by atoms with Crippen molar-refractivity contribution in [1.82, 2.24) is 19.6 Å². The third-order valence-electron chi connectivity index (χ3n) is 5.39. The van der Waals surface area contributed by atoms with Crippen LogP contribution in [-0.2, 0) is 13.6 Å². The Morgan fingerprint density at radius 2 is 1.69 bits per heavy atom. The van der Waals surface area contributed by atoms with E-state index in [2.05, 4.69) is 39.2 Å². The molecule has 0 unspecified atom stereocenters. The predicted octanol–water partition coefficient (Wildman–Crippen LogP) is 2.42. The van der Waals surface area contributed by atoms with Gasteiger partial charge in [-0.2, -0.15) is 5.10 Å². The zero-order chi connectivity index (χ0) is 17.9. The fraction of sp³-hybridized carbons (Fsp3) is 0.381. The highest BCUT2D eigenvalue weighted by Gasteiger charge is 2.21. The molecule has 0 aliphatic carbocycles. The molecule has 0 radical (unpaired) electrons. The van der Waals surface area contributed by atoms with Crippen LogP contribution in [0, 0.1) is 0 Å². The summed E-state index contributed by atoms with van der Waals surface area (Å²) in [7, 11) is 1.99. The smallest absolute Gasteiger partial charge is 0.0922 e. The van der Waals surface area contributed by atoms with Gasteiger partial charge in [-0.3, -0.25) is 14.5 Å². The molecule has 1 aliphatic rings. The van der Waals surface area contributed by atoms with Gasteiger partial charge in [0.2, 0.25) is 0 Å². The molecule has 0 spiro atoms. The predicted molar refractivity (Wildman–Crippen MR) is 104 cm³/mol. The number of hydrogen-bond acceptors (Lipinski definition) is 4. The van der Waals surface area contributed by atoms with Gasteiger partial charge >= 0.3 is 0 Å². The number of rotatable bonds is 5. The van der Waals surface area contributed by atoms with Gasteiger partial charge in [-0.05, 0) is 22.4 Å². The van der Waals surface area contributed by atoms with Crippen LogP contribution in [0.4, 0.5) is 0 Å². The minimum atomic E-state index is -0.454. The number of benzene rings is 2. The second kappa shape index (κ2) is 7.58. The number of fused-ring (bicyclic) bond motifs is 1. The molecule has 0 saturated carbocycles. The summed E-state index contributed by atoms with van der Waals surface area (Å²) >= 11 is 0. The van der Waals surface area contributed by atoms with Crippen LogP contribution in [-0.4, -0.2) is 57.4 Å². The molecule has 26 heavy (non-hydrogen) atoms. The summed E-state index contributed by atoms with van der Waals surface area (Å²) < 4.78 is 1.94. The quantitative estimate of drug-likeness (QED) is 0.768. The summed E-state index contributed by atoms with van der Waals surface area (Å²) in [6.45, 7) is 5.64. The summed E-state index contributed by atoms with van der Waals surface area (Å²) in [6, 6.07) is 16.5. The van der Waals surface area contributed by atoms with Crippen LogP contribution >= 0.6 is 0 Å². The summed E-state index contributed by atoms with van der Waals surface area (Å²) in [4.78, 5) is 4.82. The minimum absolute atomic E-state index is 0.454. The topological polar surface area (TPSA) is 44.5 Å². The van der Waals surface area contributed by atoms with E-state index in [1.54, 1.807) is 0 Å².